The number of carboxylic acids is 1. The fraction of sp³-hybridized carbons (Fsp3) is 0.273. The van der Waals surface area contributed by atoms with Crippen LogP contribution in [-0.2, 0) is 20.7 Å². The Balaban J connectivity index is 2.75. The first-order valence-corrected chi connectivity index (χ1v) is 4.63. The van der Waals surface area contributed by atoms with Gasteiger partial charge in [0.05, 0.1) is 0 Å². The van der Waals surface area contributed by atoms with Crippen molar-refractivity contribution in [3.63, 3.8) is 0 Å². The van der Waals surface area contributed by atoms with Gasteiger partial charge in [-0.25, -0.2) is 9.18 Å². The number of rotatable bonds is 4. The fourth-order valence-electron chi connectivity index (χ4n) is 1.26. The average Bonchev–Trinajstić information content (AvgIpc) is 2.15. The lowest BCUT2D eigenvalue weighted by Crippen LogP contribution is -2.28. The second kappa shape index (κ2) is 5.25. The van der Waals surface area contributed by atoms with Gasteiger partial charge in [0.2, 0.25) is 6.10 Å². The average molecular weight is 226 g/mol. The first-order chi connectivity index (χ1) is 7.49. The molecule has 86 valence electrons. The monoisotopic (exact) mass is 226 g/mol. The van der Waals surface area contributed by atoms with Crippen LogP contribution in [0.25, 0.3) is 0 Å². The summed E-state index contributed by atoms with van der Waals surface area (Å²) in [6.45, 7) is 1.13. The summed E-state index contributed by atoms with van der Waals surface area (Å²) in [7, 11) is 0. The van der Waals surface area contributed by atoms with Gasteiger partial charge in [-0.3, -0.25) is 4.79 Å². The SMILES string of the molecule is CC(=O)OC(Cc1cccc(F)c1)C(=O)O. The minimum Gasteiger partial charge on any atom is -0.478 e. The maximum absolute atomic E-state index is 12.8. The van der Waals surface area contributed by atoms with Gasteiger partial charge in [0, 0.05) is 13.3 Å². The van der Waals surface area contributed by atoms with Gasteiger partial charge in [-0.15, -0.1) is 0 Å². The van der Waals surface area contributed by atoms with Crippen molar-refractivity contribution >= 4 is 11.9 Å². The van der Waals surface area contributed by atoms with E-state index in [0.29, 0.717) is 5.56 Å². The molecule has 1 N–H and O–H groups in total. The first kappa shape index (κ1) is 12.2. The second-order valence-electron chi connectivity index (χ2n) is 3.27. The smallest absolute Gasteiger partial charge is 0.345 e. The molecule has 0 spiro atoms. The molecule has 1 aromatic carbocycles. The largest absolute Gasteiger partial charge is 0.478 e. The van der Waals surface area contributed by atoms with Crippen molar-refractivity contribution < 1.29 is 23.8 Å². The van der Waals surface area contributed by atoms with Crippen LogP contribution in [0.4, 0.5) is 4.39 Å². The van der Waals surface area contributed by atoms with E-state index in [0.717, 1.165) is 6.92 Å². The lowest BCUT2D eigenvalue weighted by Gasteiger charge is -2.12. The van der Waals surface area contributed by atoms with Crippen LogP contribution < -0.4 is 0 Å². The molecular formula is C11H11FO4. The molecule has 0 radical (unpaired) electrons. The standard InChI is InChI=1S/C11H11FO4/c1-7(13)16-10(11(14)15)6-8-3-2-4-9(12)5-8/h2-5,10H,6H2,1H3,(H,14,15). The van der Waals surface area contributed by atoms with Gasteiger partial charge in [0.1, 0.15) is 5.82 Å². The summed E-state index contributed by atoms with van der Waals surface area (Å²) in [5, 5.41) is 8.78. The van der Waals surface area contributed by atoms with E-state index < -0.39 is 23.9 Å². The molecule has 0 bridgehead atoms. The molecule has 0 saturated heterocycles. The highest BCUT2D eigenvalue weighted by atomic mass is 19.1. The molecule has 0 aliphatic carbocycles. The molecular weight excluding hydrogens is 215 g/mol. The number of carbonyl (C=O) groups excluding carboxylic acids is 1. The molecule has 0 heterocycles. The highest BCUT2D eigenvalue weighted by Crippen LogP contribution is 2.09. The Hall–Kier alpha value is -1.91. The van der Waals surface area contributed by atoms with E-state index in [2.05, 4.69) is 4.74 Å². The van der Waals surface area contributed by atoms with Crippen LogP contribution in [0.3, 0.4) is 0 Å². The van der Waals surface area contributed by atoms with Crippen LogP contribution in [0.15, 0.2) is 24.3 Å². The third kappa shape index (κ3) is 3.68. The molecule has 0 aliphatic rings. The lowest BCUT2D eigenvalue weighted by molar-refractivity contribution is -0.162. The van der Waals surface area contributed by atoms with Crippen molar-refractivity contribution in [2.75, 3.05) is 0 Å². The van der Waals surface area contributed by atoms with Crippen molar-refractivity contribution in [1.29, 1.82) is 0 Å². The third-order valence-corrected chi connectivity index (χ3v) is 1.89. The molecule has 0 aliphatic heterocycles. The molecule has 5 heteroatoms. The number of ether oxygens (including phenoxy) is 1. The number of carbonyl (C=O) groups is 2. The van der Waals surface area contributed by atoms with E-state index in [4.69, 9.17) is 5.11 Å². The highest BCUT2D eigenvalue weighted by molar-refractivity contribution is 5.77. The number of benzene rings is 1. The molecule has 1 atom stereocenters. The van der Waals surface area contributed by atoms with Crippen LogP contribution in [0.2, 0.25) is 0 Å². The summed E-state index contributed by atoms with van der Waals surface area (Å²) < 4.78 is 17.4. The lowest BCUT2D eigenvalue weighted by atomic mass is 10.1. The summed E-state index contributed by atoms with van der Waals surface area (Å²) in [5.74, 6) is -2.38. The van der Waals surface area contributed by atoms with Crippen LogP contribution in [0.5, 0.6) is 0 Å². The van der Waals surface area contributed by atoms with Gasteiger partial charge in [-0.1, -0.05) is 12.1 Å². The molecule has 4 nitrogen and oxygen atoms in total. The first-order valence-electron chi connectivity index (χ1n) is 4.63. The quantitative estimate of drug-likeness (QED) is 0.788. The fourth-order valence-corrected chi connectivity index (χ4v) is 1.26. The van der Waals surface area contributed by atoms with Crippen LogP contribution in [0.1, 0.15) is 12.5 Å². The van der Waals surface area contributed by atoms with Gasteiger partial charge in [0.15, 0.2) is 0 Å². The Kier molecular flexibility index (Phi) is 3.99. The van der Waals surface area contributed by atoms with E-state index in [1.54, 1.807) is 6.07 Å². The summed E-state index contributed by atoms with van der Waals surface area (Å²) in [6.07, 6.45) is -1.33. The van der Waals surface area contributed by atoms with E-state index >= 15 is 0 Å². The van der Waals surface area contributed by atoms with Crippen molar-refractivity contribution in [2.45, 2.75) is 19.4 Å². The van der Waals surface area contributed by atoms with Crippen molar-refractivity contribution in [1.82, 2.24) is 0 Å². The van der Waals surface area contributed by atoms with E-state index in [-0.39, 0.29) is 6.42 Å². The Morgan fingerprint density at radius 2 is 2.19 bits per heavy atom. The summed E-state index contributed by atoms with van der Waals surface area (Å²) in [5.41, 5.74) is 0.466. The predicted molar refractivity (Wildman–Crippen MR) is 53.3 cm³/mol. The molecule has 0 aromatic heterocycles. The van der Waals surface area contributed by atoms with Crippen molar-refractivity contribution in [2.24, 2.45) is 0 Å². The molecule has 1 rings (SSSR count). The predicted octanol–water partition coefficient (Wildman–Crippen LogP) is 1.38. The van der Waals surface area contributed by atoms with Crippen LogP contribution >= 0.6 is 0 Å². The van der Waals surface area contributed by atoms with E-state index in [9.17, 15) is 14.0 Å². The summed E-state index contributed by atoms with van der Waals surface area (Å²) in [4.78, 5) is 21.4. The zero-order valence-electron chi connectivity index (χ0n) is 8.64. The van der Waals surface area contributed by atoms with Crippen LogP contribution in [-0.4, -0.2) is 23.1 Å². The van der Waals surface area contributed by atoms with Gasteiger partial charge >= 0.3 is 11.9 Å². The summed E-state index contributed by atoms with van der Waals surface area (Å²) in [6, 6.07) is 5.50. The number of hydrogen-bond acceptors (Lipinski definition) is 3. The minimum atomic E-state index is -1.28. The Bertz CT molecular complexity index is 403. The third-order valence-electron chi connectivity index (χ3n) is 1.89. The molecule has 0 fully saturated rings. The number of hydrogen-bond donors (Lipinski definition) is 1. The zero-order valence-corrected chi connectivity index (χ0v) is 8.64. The topological polar surface area (TPSA) is 63.6 Å². The number of esters is 1. The number of aliphatic carboxylic acids is 1. The Morgan fingerprint density at radius 3 is 2.69 bits per heavy atom. The minimum absolute atomic E-state index is 0.0489. The molecule has 0 saturated carbocycles. The highest BCUT2D eigenvalue weighted by Gasteiger charge is 2.21. The maximum atomic E-state index is 12.8. The van der Waals surface area contributed by atoms with E-state index in [1.165, 1.54) is 18.2 Å². The summed E-state index contributed by atoms with van der Waals surface area (Å²) >= 11 is 0. The number of halogens is 1. The normalized spacial score (nSPS) is 11.9. The van der Waals surface area contributed by atoms with Gasteiger partial charge in [-0.2, -0.15) is 0 Å². The molecule has 1 unspecified atom stereocenters. The van der Waals surface area contributed by atoms with Gasteiger partial charge < -0.3 is 9.84 Å². The van der Waals surface area contributed by atoms with Crippen molar-refractivity contribution in [3.05, 3.63) is 35.6 Å². The van der Waals surface area contributed by atoms with Crippen molar-refractivity contribution in [3.8, 4) is 0 Å². The molecule has 16 heavy (non-hydrogen) atoms. The maximum Gasteiger partial charge on any atom is 0.345 e. The number of carboxylic acid groups (broad SMARTS) is 1. The van der Waals surface area contributed by atoms with Gasteiger partial charge in [0.25, 0.3) is 0 Å². The zero-order chi connectivity index (χ0) is 12.1. The van der Waals surface area contributed by atoms with Crippen LogP contribution in [0, 0.1) is 5.82 Å². The molecule has 1 aromatic rings. The second-order valence-corrected chi connectivity index (χ2v) is 3.27. The Labute approximate surface area is 91.7 Å². The van der Waals surface area contributed by atoms with Gasteiger partial charge in [-0.05, 0) is 17.7 Å². The Morgan fingerprint density at radius 1 is 1.50 bits per heavy atom. The van der Waals surface area contributed by atoms with E-state index in [1.807, 2.05) is 0 Å². The molecule has 0 amide bonds.